The van der Waals surface area contributed by atoms with Crippen molar-refractivity contribution in [2.45, 2.75) is 19.0 Å². The lowest BCUT2D eigenvalue weighted by atomic mass is 10.0. The number of aryl methyl sites for hydroxylation is 1. The smallest absolute Gasteiger partial charge is 0.335 e. The second-order valence-electron chi connectivity index (χ2n) is 8.42. The number of nitrogens with one attached hydrogen (secondary N) is 1. The standard InChI is InChI=1S/C26H22Cl2N4O5/c1-31-21-10-7-15(13-29)11-17(21)24(34)32(26(31)37)16-8-5-14(6-9-16)12-20(25(35)36)30-23(33)22-18(27)3-2-4-19(22)28/h2-11,20H,12-13,29H2,1H3,(H,30,33)(H,35,36)/p+1. The molecular weight excluding hydrogens is 519 g/mol. The van der Waals surface area contributed by atoms with Crippen molar-refractivity contribution < 1.29 is 20.4 Å². The fourth-order valence-electron chi connectivity index (χ4n) is 4.05. The van der Waals surface area contributed by atoms with Crippen LogP contribution in [0.5, 0.6) is 0 Å². The van der Waals surface area contributed by atoms with Gasteiger partial charge >= 0.3 is 11.7 Å². The number of aliphatic carboxylic acids is 1. The minimum absolute atomic E-state index is 0.0130. The van der Waals surface area contributed by atoms with Crippen LogP contribution >= 0.6 is 23.2 Å². The lowest BCUT2D eigenvalue weighted by Crippen LogP contribution is -2.47. The number of halogens is 2. The zero-order chi connectivity index (χ0) is 26.9. The molecule has 1 aromatic heterocycles. The van der Waals surface area contributed by atoms with Crippen molar-refractivity contribution in [2.24, 2.45) is 7.05 Å². The Morgan fingerprint density at radius 2 is 1.62 bits per heavy atom. The number of amides is 1. The van der Waals surface area contributed by atoms with E-state index in [1.165, 1.54) is 16.7 Å². The Balaban J connectivity index is 1.63. The van der Waals surface area contributed by atoms with E-state index < -0.39 is 29.2 Å². The van der Waals surface area contributed by atoms with E-state index in [1.807, 2.05) is 6.07 Å². The second-order valence-corrected chi connectivity index (χ2v) is 9.23. The Bertz CT molecular complexity index is 1620. The number of quaternary nitrogens is 1. The zero-order valence-corrected chi connectivity index (χ0v) is 21.2. The van der Waals surface area contributed by atoms with Gasteiger partial charge in [0.05, 0.1) is 38.7 Å². The van der Waals surface area contributed by atoms with Gasteiger partial charge in [0.15, 0.2) is 0 Å². The SMILES string of the molecule is Cn1c(=O)n(-c2ccc(CC(NC(=O)c3c(Cl)cccc3Cl)C(=O)O)cc2)c(=O)c2cc(C[NH3+])ccc21. The molecule has 4 aromatic rings. The van der Waals surface area contributed by atoms with Gasteiger partial charge in [-0.2, -0.15) is 0 Å². The summed E-state index contributed by atoms with van der Waals surface area (Å²) in [6, 6.07) is 14.8. The highest BCUT2D eigenvalue weighted by atomic mass is 35.5. The average Bonchev–Trinajstić information content (AvgIpc) is 2.87. The van der Waals surface area contributed by atoms with Gasteiger partial charge in [-0.15, -0.1) is 0 Å². The molecule has 0 fully saturated rings. The van der Waals surface area contributed by atoms with E-state index in [0.29, 0.717) is 28.7 Å². The number of carboxylic acids is 1. The summed E-state index contributed by atoms with van der Waals surface area (Å²) in [5, 5.41) is 12.7. The highest BCUT2D eigenvalue weighted by Gasteiger charge is 2.24. The number of aromatic nitrogens is 2. The van der Waals surface area contributed by atoms with Gasteiger partial charge in [-0.3, -0.25) is 14.2 Å². The predicted molar refractivity (Wildman–Crippen MR) is 140 cm³/mol. The molecule has 11 heteroatoms. The van der Waals surface area contributed by atoms with Crippen molar-refractivity contribution in [3.05, 3.63) is 108 Å². The van der Waals surface area contributed by atoms with Crippen LogP contribution in [0.4, 0.5) is 0 Å². The molecular formula is C26H23Cl2N4O5+. The lowest BCUT2D eigenvalue weighted by Gasteiger charge is -2.16. The summed E-state index contributed by atoms with van der Waals surface area (Å²) in [4.78, 5) is 50.7. The Morgan fingerprint density at radius 1 is 1.00 bits per heavy atom. The van der Waals surface area contributed by atoms with E-state index in [2.05, 4.69) is 11.1 Å². The Kier molecular flexibility index (Phi) is 7.49. The molecule has 0 aliphatic carbocycles. The Hall–Kier alpha value is -3.92. The number of nitrogens with zero attached hydrogens (tertiary/aromatic N) is 2. The van der Waals surface area contributed by atoms with Crippen LogP contribution in [0.3, 0.4) is 0 Å². The third-order valence-electron chi connectivity index (χ3n) is 6.05. The Labute approximate surface area is 220 Å². The number of carbonyl (C=O) groups excluding carboxylic acids is 1. The van der Waals surface area contributed by atoms with Gasteiger partial charge in [0.1, 0.15) is 6.04 Å². The molecule has 190 valence electrons. The van der Waals surface area contributed by atoms with Gasteiger partial charge in [-0.25, -0.2) is 14.2 Å². The molecule has 1 atom stereocenters. The van der Waals surface area contributed by atoms with E-state index in [1.54, 1.807) is 49.5 Å². The van der Waals surface area contributed by atoms with Crippen molar-refractivity contribution in [1.82, 2.24) is 14.5 Å². The van der Waals surface area contributed by atoms with Gasteiger partial charge in [0.2, 0.25) is 0 Å². The first-order valence-corrected chi connectivity index (χ1v) is 12.0. The molecule has 0 aliphatic rings. The highest BCUT2D eigenvalue weighted by Crippen LogP contribution is 2.24. The van der Waals surface area contributed by atoms with Crippen LogP contribution in [0.2, 0.25) is 10.0 Å². The van der Waals surface area contributed by atoms with E-state index in [-0.39, 0.29) is 22.0 Å². The summed E-state index contributed by atoms with van der Waals surface area (Å²) in [7, 11) is 1.59. The van der Waals surface area contributed by atoms with Crippen LogP contribution in [0.25, 0.3) is 16.6 Å². The van der Waals surface area contributed by atoms with Crippen LogP contribution in [0, 0.1) is 0 Å². The third-order valence-corrected chi connectivity index (χ3v) is 6.68. The molecule has 0 saturated heterocycles. The van der Waals surface area contributed by atoms with Crippen LogP contribution in [0.1, 0.15) is 21.5 Å². The molecule has 9 nitrogen and oxygen atoms in total. The molecule has 0 aliphatic heterocycles. The van der Waals surface area contributed by atoms with E-state index in [9.17, 15) is 24.3 Å². The molecule has 1 heterocycles. The average molecular weight is 542 g/mol. The van der Waals surface area contributed by atoms with E-state index in [0.717, 1.165) is 10.1 Å². The maximum Gasteiger partial charge on any atom is 0.335 e. The maximum absolute atomic E-state index is 13.2. The molecule has 1 unspecified atom stereocenters. The van der Waals surface area contributed by atoms with Crippen molar-refractivity contribution >= 4 is 46.0 Å². The summed E-state index contributed by atoms with van der Waals surface area (Å²) in [5.74, 6) is -1.96. The van der Waals surface area contributed by atoms with Crippen molar-refractivity contribution in [1.29, 1.82) is 0 Å². The molecule has 5 N–H and O–H groups in total. The zero-order valence-electron chi connectivity index (χ0n) is 19.7. The molecule has 1 amide bonds. The largest absolute Gasteiger partial charge is 0.480 e. The second kappa shape index (κ2) is 10.6. The number of fused-ring (bicyclic) bond motifs is 1. The van der Waals surface area contributed by atoms with E-state index in [4.69, 9.17) is 23.2 Å². The van der Waals surface area contributed by atoms with Crippen LogP contribution in [0.15, 0.2) is 70.3 Å². The van der Waals surface area contributed by atoms with Crippen molar-refractivity contribution in [3.63, 3.8) is 0 Å². The summed E-state index contributed by atoms with van der Waals surface area (Å²) in [6.07, 6.45) is -0.0546. The minimum Gasteiger partial charge on any atom is -0.480 e. The first-order chi connectivity index (χ1) is 17.6. The number of carboxylic acid groups (broad SMARTS) is 1. The first kappa shape index (κ1) is 26.2. The number of rotatable bonds is 7. The van der Waals surface area contributed by atoms with Gasteiger partial charge < -0.3 is 16.2 Å². The summed E-state index contributed by atoms with van der Waals surface area (Å²) >= 11 is 12.1. The van der Waals surface area contributed by atoms with Gasteiger partial charge in [-0.05, 0) is 42.0 Å². The fraction of sp³-hybridized carbons (Fsp3) is 0.154. The molecule has 37 heavy (non-hydrogen) atoms. The maximum atomic E-state index is 13.2. The van der Waals surface area contributed by atoms with Crippen LogP contribution in [-0.2, 0) is 24.8 Å². The van der Waals surface area contributed by atoms with Crippen LogP contribution < -0.4 is 22.3 Å². The molecule has 3 aromatic carbocycles. The lowest BCUT2D eigenvalue weighted by molar-refractivity contribution is -0.386. The van der Waals surface area contributed by atoms with Crippen molar-refractivity contribution in [2.75, 3.05) is 0 Å². The topological polar surface area (TPSA) is 138 Å². The predicted octanol–water partition coefficient (Wildman–Crippen LogP) is 2.16. The highest BCUT2D eigenvalue weighted by molar-refractivity contribution is 6.39. The number of carbonyl (C=O) groups is 2. The van der Waals surface area contributed by atoms with Crippen molar-refractivity contribution in [3.8, 4) is 5.69 Å². The normalized spacial score (nSPS) is 11.9. The number of hydrogen-bond acceptors (Lipinski definition) is 4. The minimum atomic E-state index is -1.27. The first-order valence-electron chi connectivity index (χ1n) is 11.2. The molecule has 0 spiro atoms. The Morgan fingerprint density at radius 3 is 2.22 bits per heavy atom. The summed E-state index contributed by atoms with van der Waals surface area (Å²) in [5.41, 5.74) is 5.12. The van der Waals surface area contributed by atoms with E-state index >= 15 is 0 Å². The third kappa shape index (κ3) is 5.15. The molecule has 0 bridgehead atoms. The quantitative estimate of drug-likeness (QED) is 0.329. The summed E-state index contributed by atoms with van der Waals surface area (Å²) in [6.45, 7) is 0.497. The molecule has 0 radical (unpaired) electrons. The van der Waals surface area contributed by atoms with Gasteiger partial charge in [-0.1, -0.05) is 47.5 Å². The number of hydrogen-bond donors (Lipinski definition) is 3. The monoisotopic (exact) mass is 541 g/mol. The molecule has 0 saturated carbocycles. The fourth-order valence-corrected chi connectivity index (χ4v) is 4.62. The summed E-state index contributed by atoms with van der Waals surface area (Å²) < 4.78 is 2.46. The van der Waals surface area contributed by atoms with Gasteiger partial charge in [0.25, 0.3) is 11.5 Å². The number of benzene rings is 3. The van der Waals surface area contributed by atoms with Crippen LogP contribution in [-0.4, -0.2) is 32.2 Å². The van der Waals surface area contributed by atoms with Gasteiger partial charge in [0, 0.05) is 19.0 Å². The molecule has 4 rings (SSSR count).